The van der Waals surface area contributed by atoms with E-state index in [2.05, 4.69) is 11.6 Å². The molecule has 1 aromatic carbocycles. The first-order chi connectivity index (χ1) is 9.44. The molecule has 2 unspecified atom stereocenters. The van der Waals surface area contributed by atoms with Crippen LogP contribution < -0.4 is 15.2 Å². The van der Waals surface area contributed by atoms with Gasteiger partial charge in [0.25, 0.3) is 0 Å². The number of hydrogen-bond donors (Lipinski definition) is 2. The minimum atomic E-state index is -3.61. The third-order valence-corrected chi connectivity index (χ3v) is 5.41. The monoisotopic (exact) mass is 298 g/mol. The molecule has 0 bridgehead atoms. The molecule has 0 aliphatic heterocycles. The maximum atomic E-state index is 12.5. The fourth-order valence-electron chi connectivity index (χ4n) is 2.66. The van der Waals surface area contributed by atoms with Crippen molar-refractivity contribution in [3.63, 3.8) is 0 Å². The highest BCUT2D eigenvalue weighted by Gasteiger charge is 2.28. The van der Waals surface area contributed by atoms with E-state index in [-0.39, 0.29) is 10.9 Å². The maximum absolute atomic E-state index is 12.5. The van der Waals surface area contributed by atoms with E-state index in [0.29, 0.717) is 17.4 Å². The predicted molar refractivity (Wildman–Crippen MR) is 79.1 cm³/mol. The summed E-state index contributed by atoms with van der Waals surface area (Å²) in [7, 11) is -2.16. The fourth-order valence-corrected chi connectivity index (χ4v) is 4.24. The van der Waals surface area contributed by atoms with E-state index < -0.39 is 10.0 Å². The van der Waals surface area contributed by atoms with Crippen LogP contribution in [0.15, 0.2) is 23.1 Å². The summed E-state index contributed by atoms with van der Waals surface area (Å²) >= 11 is 0. The van der Waals surface area contributed by atoms with Gasteiger partial charge in [0.15, 0.2) is 0 Å². The number of nitrogens with two attached hydrogens (primary N) is 1. The molecule has 1 aliphatic carbocycles. The lowest BCUT2D eigenvalue weighted by Crippen LogP contribution is -2.41. The van der Waals surface area contributed by atoms with Crippen LogP contribution in [-0.4, -0.2) is 21.6 Å². The third-order valence-electron chi connectivity index (χ3n) is 3.90. The van der Waals surface area contributed by atoms with Crippen LogP contribution in [0.3, 0.4) is 0 Å². The predicted octanol–water partition coefficient (Wildman–Crippen LogP) is 2.13. The lowest BCUT2D eigenvalue weighted by molar-refractivity contribution is 0.310. The first-order valence-corrected chi connectivity index (χ1v) is 8.38. The second kappa shape index (κ2) is 6.01. The van der Waals surface area contributed by atoms with Crippen LogP contribution in [-0.2, 0) is 10.0 Å². The van der Waals surface area contributed by atoms with E-state index >= 15 is 0 Å². The van der Waals surface area contributed by atoms with Crippen LogP contribution in [0.2, 0.25) is 0 Å². The number of rotatable bonds is 4. The van der Waals surface area contributed by atoms with E-state index in [1.807, 2.05) is 0 Å². The van der Waals surface area contributed by atoms with Gasteiger partial charge in [0.05, 0.1) is 7.11 Å². The molecule has 3 N–H and O–H groups in total. The Morgan fingerprint density at radius 1 is 1.30 bits per heavy atom. The third kappa shape index (κ3) is 3.24. The molecule has 0 heterocycles. The highest BCUT2D eigenvalue weighted by atomic mass is 32.2. The van der Waals surface area contributed by atoms with Crippen LogP contribution in [0.5, 0.6) is 5.75 Å². The molecule has 0 radical (unpaired) electrons. The van der Waals surface area contributed by atoms with E-state index in [1.54, 1.807) is 12.1 Å². The van der Waals surface area contributed by atoms with Crippen molar-refractivity contribution in [1.29, 1.82) is 0 Å². The minimum Gasteiger partial charge on any atom is -0.495 e. The van der Waals surface area contributed by atoms with Gasteiger partial charge in [-0.2, -0.15) is 0 Å². The van der Waals surface area contributed by atoms with Gasteiger partial charge >= 0.3 is 0 Å². The van der Waals surface area contributed by atoms with Gasteiger partial charge in [0.1, 0.15) is 10.6 Å². The Kier molecular flexibility index (Phi) is 4.55. The summed E-state index contributed by atoms with van der Waals surface area (Å²) in [5.41, 5.74) is 6.10. The summed E-state index contributed by atoms with van der Waals surface area (Å²) in [6.07, 6.45) is 4.17. The van der Waals surface area contributed by atoms with Gasteiger partial charge in [-0.1, -0.05) is 19.8 Å². The number of ether oxygens (including phenoxy) is 1. The molecule has 1 fully saturated rings. The Morgan fingerprint density at radius 3 is 2.65 bits per heavy atom. The lowest BCUT2D eigenvalue weighted by Gasteiger charge is -2.29. The van der Waals surface area contributed by atoms with Gasteiger partial charge in [0.2, 0.25) is 10.0 Å². The van der Waals surface area contributed by atoms with Gasteiger partial charge in [-0.3, -0.25) is 0 Å². The van der Waals surface area contributed by atoms with E-state index in [1.165, 1.54) is 19.6 Å². The average Bonchev–Trinajstić information content (AvgIpc) is 2.41. The van der Waals surface area contributed by atoms with Crippen molar-refractivity contribution in [3.05, 3.63) is 18.2 Å². The van der Waals surface area contributed by atoms with Crippen molar-refractivity contribution in [2.75, 3.05) is 12.8 Å². The van der Waals surface area contributed by atoms with Crippen molar-refractivity contribution >= 4 is 15.7 Å². The molecule has 2 atom stereocenters. The Morgan fingerprint density at radius 2 is 2.00 bits per heavy atom. The molecule has 20 heavy (non-hydrogen) atoms. The van der Waals surface area contributed by atoms with Gasteiger partial charge in [-0.15, -0.1) is 0 Å². The highest BCUT2D eigenvalue weighted by Crippen LogP contribution is 2.29. The van der Waals surface area contributed by atoms with Crippen LogP contribution in [0.1, 0.15) is 32.6 Å². The standard InChI is InChI=1S/C14H22N2O3S/c1-10-5-3-4-6-12(10)16-20(17,18)14-9-11(15)7-8-13(14)19-2/h7-10,12,16H,3-6,15H2,1-2H3. The lowest BCUT2D eigenvalue weighted by atomic mass is 9.87. The summed E-state index contributed by atoms with van der Waals surface area (Å²) in [6.45, 7) is 2.09. The number of benzene rings is 1. The molecule has 6 heteroatoms. The second-order valence-electron chi connectivity index (χ2n) is 5.40. The smallest absolute Gasteiger partial charge is 0.244 e. The molecule has 0 saturated heterocycles. The number of anilines is 1. The summed E-state index contributed by atoms with van der Waals surface area (Å²) < 4.78 is 33.0. The quantitative estimate of drug-likeness (QED) is 0.834. The molecule has 0 aromatic heterocycles. The average molecular weight is 298 g/mol. The molecule has 112 valence electrons. The number of nitrogens with one attached hydrogen (secondary N) is 1. The molecule has 2 rings (SSSR count). The van der Waals surface area contributed by atoms with Gasteiger partial charge in [0, 0.05) is 11.7 Å². The minimum absolute atomic E-state index is 0.0140. The number of nitrogen functional groups attached to an aromatic ring is 1. The molecular weight excluding hydrogens is 276 g/mol. The summed E-state index contributed by atoms with van der Waals surface area (Å²) in [4.78, 5) is 0.109. The molecule has 0 spiro atoms. The Bertz CT molecular complexity index is 572. The zero-order valence-corrected chi connectivity index (χ0v) is 12.7. The van der Waals surface area contributed by atoms with E-state index in [0.717, 1.165) is 19.3 Å². The van der Waals surface area contributed by atoms with Crippen LogP contribution in [0.25, 0.3) is 0 Å². The van der Waals surface area contributed by atoms with Crippen molar-refractivity contribution in [3.8, 4) is 5.75 Å². The molecule has 1 aromatic rings. The molecule has 1 saturated carbocycles. The topological polar surface area (TPSA) is 81.4 Å². The first kappa shape index (κ1) is 15.1. The zero-order valence-electron chi connectivity index (χ0n) is 11.9. The molecule has 1 aliphatic rings. The van der Waals surface area contributed by atoms with Crippen molar-refractivity contribution in [1.82, 2.24) is 4.72 Å². The fraction of sp³-hybridized carbons (Fsp3) is 0.571. The Hall–Kier alpha value is -1.27. The summed E-state index contributed by atoms with van der Waals surface area (Å²) in [5, 5.41) is 0. The largest absolute Gasteiger partial charge is 0.495 e. The molecule has 0 amide bonds. The van der Waals surface area contributed by atoms with Crippen molar-refractivity contribution in [2.45, 2.75) is 43.5 Å². The van der Waals surface area contributed by atoms with Gasteiger partial charge in [-0.25, -0.2) is 13.1 Å². The van der Waals surface area contributed by atoms with Crippen LogP contribution in [0.4, 0.5) is 5.69 Å². The van der Waals surface area contributed by atoms with Crippen LogP contribution in [0, 0.1) is 5.92 Å². The maximum Gasteiger partial charge on any atom is 0.244 e. The van der Waals surface area contributed by atoms with Crippen LogP contribution >= 0.6 is 0 Å². The number of methoxy groups -OCH3 is 1. The Labute approximate surface area is 120 Å². The molecular formula is C14H22N2O3S. The van der Waals surface area contributed by atoms with Gasteiger partial charge < -0.3 is 10.5 Å². The van der Waals surface area contributed by atoms with Crippen molar-refractivity contribution in [2.24, 2.45) is 5.92 Å². The normalized spacial score (nSPS) is 23.5. The zero-order chi connectivity index (χ0) is 14.8. The number of sulfonamides is 1. The van der Waals surface area contributed by atoms with Crippen molar-refractivity contribution < 1.29 is 13.2 Å². The SMILES string of the molecule is COc1ccc(N)cc1S(=O)(=O)NC1CCCCC1C. The summed E-state index contributed by atoms with van der Waals surface area (Å²) in [6, 6.07) is 4.63. The Balaban J connectivity index is 2.28. The summed E-state index contributed by atoms with van der Waals surface area (Å²) in [5.74, 6) is 0.667. The second-order valence-corrected chi connectivity index (χ2v) is 7.08. The van der Waals surface area contributed by atoms with E-state index in [4.69, 9.17) is 10.5 Å². The van der Waals surface area contributed by atoms with Gasteiger partial charge in [-0.05, 0) is 37.0 Å². The van der Waals surface area contributed by atoms with E-state index in [9.17, 15) is 8.42 Å². The number of hydrogen-bond acceptors (Lipinski definition) is 4. The highest BCUT2D eigenvalue weighted by molar-refractivity contribution is 7.89. The molecule has 5 nitrogen and oxygen atoms in total. The first-order valence-electron chi connectivity index (χ1n) is 6.90.